The SMILES string of the molecule is Cc1ccc(NC(=O)c2nc(-c3ccc(Br)cc3)n(-c3cccc(C)c3C)n2)cc1Cl. The highest BCUT2D eigenvalue weighted by atomic mass is 79.9. The Balaban J connectivity index is 1.79. The van der Waals surface area contributed by atoms with Crippen LogP contribution in [0.2, 0.25) is 5.02 Å². The monoisotopic (exact) mass is 494 g/mol. The molecule has 0 aliphatic carbocycles. The Bertz CT molecular complexity index is 1280. The van der Waals surface area contributed by atoms with Gasteiger partial charge in [-0.25, -0.2) is 9.67 Å². The zero-order valence-electron chi connectivity index (χ0n) is 17.3. The molecule has 1 amide bonds. The first kappa shape index (κ1) is 21.3. The first-order valence-electron chi connectivity index (χ1n) is 9.70. The van der Waals surface area contributed by atoms with E-state index >= 15 is 0 Å². The van der Waals surface area contributed by atoms with E-state index in [0.717, 1.165) is 32.4 Å². The quantitative estimate of drug-likeness (QED) is 0.350. The molecule has 7 heteroatoms. The van der Waals surface area contributed by atoms with Crippen LogP contribution in [-0.2, 0) is 0 Å². The maximum atomic E-state index is 12.9. The van der Waals surface area contributed by atoms with Gasteiger partial charge in [-0.2, -0.15) is 0 Å². The predicted molar refractivity (Wildman–Crippen MR) is 128 cm³/mol. The van der Waals surface area contributed by atoms with E-state index in [1.807, 2.05) is 69.3 Å². The molecule has 0 radical (unpaired) electrons. The zero-order chi connectivity index (χ0) is 22.1. The van der Waals surface area contributed by atoms with Gasteiger partial charge in [0.1, 0.15) is 0 Å². The number of hydrogen-bond donors (Lipinski definition) is 1. The van der Waals surface area contributed by atoms with Gasteiger partial charge in [-0.1, -0.05) is 57.9 Å². The molecule has 4 aromatic rings. The lowest BCUT2D eigenvalue weighted by Gasteiger charge is -2.11. The molecule has 0 aliphatic rings. The average molecular weight is 496 g/mol. The van der Waals surface area contributed by atoms with E-state index in [1.54, 1.807) is 16.8 Å². The van der Waals surface area contributed by atoms with E-state index in [2.05, 4.69) is 31.3 Å². The van der Waals surface area contributed by atoms with Crippen LogP contribution in [0.5, 0.6) is 0 Å². The number of nitrogens with zero attached hydrogens (tertiary/aromatic N) is 3. The second kappa shape index (κ2) is 8.65. The van der Waals surface area contributed by atoms with Crippen molar-refractivity contribution in [2.75, 3.05) is 5.32 Å². The van der Waals surface area contributed by atoms with Crippen molar-refractivity contribution in [1.82, 2.24) is 14.8 Å². The first-order valence-corrected chi connectivity index (χ1v) is 10.9. The molecule has 1 N–H and O–H groups in total. The third kappa shape index (κ3) is 4.40. The molecule has 0 aliphatic heterocycles. The van der Waals surface area contributed by atoms with Gasteiger partial charge < -0.3 is 5.32 Å². The van der Waals surface area contributed by atoms with Crippen molar-refractivity contribution in [2.45, 2.75) is 20.8 Å². The van der Waals surface area contributed by atoms with Gasteiger partial charge in [0.25, 0.3) is 5.91 Å². The molecule has 0 unspecified atom stereocenters. The number of rotatable bonds is 4. The van der Waals surface area contributed by atoms with Crippen molar-refractivity contribution >= 4 is 39.1 Å². The van der Waals surface area contributed by atoms with Crippen molar-refractivity contribution < 1.29 is 4.79 Å². The lowest BCUT2D eigenvalue weighted by molar-refractivity contribution is 0.101. The zero-order valence-corrected chi connectivity index (χ0v) is 19.6. The summed E-state index contributed by atoms with van der Waals surface area (Å²) in [5, 5.41) is 7.99. The van der Waals surface area contributed by atoms with E-state index in [4.69, 9.17) is 11.6 Å². The van der Waals surface area contributed by atoms with Gasteiger partial charge in [0.05, 0.1) is 5.69 Å². The fourth-order valence-electron chi connectivity index (χ4n) is 3.18. The third-order valence-electron chi connectivity index (χ3n) is 5.15. The summed E-state index contributed by atoms with van der Waals surface area (Å²) in [6.07, 6.45) is 0. The number of benzene rings is 3. The number of anilines is 1. The predicted octanol–water partition coefficient (Wildman–Crippen LogP) is 6.53. The smallest absolute Gasteiger partial charge is 0.295 e. The molecule has 0 saturated heterocycles. The first-order chi connectivity index (χ1) is 14.8. The minimum absolute atomic E-state index is 0.0792. The second-order valence-corrected chi connectivity index (χ2v) is 8.64. The lowest BCUT2D eigenvalue weighted by Crippen LogP contribution is -2.14. The summed E-state index contributed by atoms with van der Waals surface area (Å²) < 4.78 is 2.69. The number of hydrogen-bond acceptors (Lipinski definition) is 3. The summed E-state index contributed by atoms with van der Waals surface area (Å²) in [7, 11) is 0. The molecular formula is C24H20BrClN4O. The Labute approximate surface area is 194 Å². The van der Waals surface area contributed by atoms with Crippen LogP contribution in [-0.4, -0.2) is 20.7 Å². The summed E-state index contributed by atoms with van der Waals surface area (Å²) in [6, 6.07) is 19.1. The van der Waals surface area contributed by atoms with Gasteiger partial charge in [0, 0.05) is 20.7 Å². The van der Waals surface area contributed by atoms with Crippen LogP contribution >= 0.6 is 27.5 Å². The second-order valence-electron chi connectivity index (χ2n) is 7.31. The molecule has 0 atom stereocenters. The highest BCUT2D eigenvalue weighted by Crippen LogP contribution is 2.26. The Morgan fingerprint density at radius 2 is 1.74 bits per heavy atom. The van der Waals surface area contributed by atoms with Crippen LogP contribution < -0.4 is 5.32 Å². The topological polar surface area (TPSA) is 59.8 Å². The average Bonchev–Trinajstić information content (AvgIpc) is 3.18. The number of nitrogens with one attached hydrogen (secondary N) is 1. The fourth-order valence-corrected chi connectivity index (χ4v) is 3.63. The van der Waals surface area contributed by atoms with Gasteiger partial charge >= 0.3 is 0 Å². The number of carbonyl (C=O) groups is 1. The van der Waals surface area contributed by atoms with Crippen LogP contribution in [0, 0.1) is 20.8 Å². The van der Waals surface area contributed by atoms with E-state index in [0.29, 0.717) is 16.5 Å². The van der Waals surface area contributed by atoms with Crippen molar-refractivity contribution in [2.24, 2.45) is 0 Å². The van der Waals surface area contributed by atoms with Gasteiger partial charge in [-0.3, -0.25) is 4.79 Å². The molecule has 5 nitrogen and oxygen atoms in total. The molecule has 4 rings (SSSR count). The maximum absolute atomic E-state index is 12.9. The summed E-state index contributed by atoms with van der Waals surface area (Å²) in [5.41, 5.74) is 5.47. The summed E-state index contributed by atoms with van der Waals surface area (Å²) in [6.45, 7) is 5.99. The van der Waals surface area contributed by atoms with Crippen molar-refractivity contribution in [3.05, 3.63) is 92.7 Å². The van der Waals surface area contributed by atoms with Gasteiger partial charge in [0.2, 0.25) is 5.82 Å². The number of amides is 1. The van der Waals surface area contributed by atoms with Gasteiger partial charge in [-0.15, -0.1) is 5.10 Å². The molecule has 156 valence electrons. The van der Waals surface area contributed by atoms with E-state index in [1.165, 1.54) is 0 Å². The highest BCUT2D eigenvalue weighted by molar-refractivity contribution is 9.10. The molecule has 0 bridgehead atoms. The molecule has 1 aromatic heterocycles. The lowest BCUT2D eigenvalue weighted by atomic mass is 10.1. The summed E-state index contributed by atoms with van der Waals surface area (Å²) in [4.78, 5) is 17.5. The Hall–Kier alpha value is -2.96. The highest BCUT2D eigenvalue weighted by Gasteiger charge is 2.20. The minimum atomic E-state index is -0.401. The van der Waals surface area contributed by atoms with Crippen LogP contribution in [0.25, 0.3) is 17.1 Å². The molecule has 1 heterocycles. The molecule has 0 saturated carbocycles. The summed E-state index contributed by atoms with van der Waals surface area (Å²) >= 11 is 9.65. The van der Waals surface area contributed by atoms with Crippen LogP contribution in [0.3, 0.4) is 0 Å². The fraction of sp³-hybridized carbons (Fsp3) is 0.125. The van der Waals surface area contributed by atoms with Crippen molar-refractivity contribution in [3.8, 4) is 17.1 Å². The van der Waals surface area contributed by atoms with Crippen LogP contribution in [0.4, 0.5) is 5.69 Å². The number of halogens is 2. The van der Waals surface area contributed by atoms with Crippen molar-refractivity contribution in [3.63, 3.8) is 0 Å². The van der Waals surface area contributed by atoms with Gasteiger partial charge in [0.15, 0.2) is 5.82 Å². The largest absolute Gasteiger partial charge is 0.319 e. The number of aromatic nitrogens is 3. The van der Waals surface area contributed by atoms with Crippen LogP contribution in [0.1, 0.15) is 27.3 Å². The standard InChI is InChI=1S/C24H20BrClN4O/c1-14-5-4-6-21(16(14)3)30-23(17-8-10-18(25)11-9-17)28-22(29-30)24(31)27-19-12-7-15(2)20(26)13-19/h4-13H,1-3H3,(H,27,31). The van der Waals surface area contributed by atoms with E-state index in [9.17, 15) is 4.79 Å². The van der Waals surface area contributed by atoms with Gasteiger partial charge in [-0.05, 0) is 67.8 Å². The van der Waals surface area contributed by atoms with Crippen LogP contribution in [0.15, 0.2) is 65.1 Å². The Morgan fingerprint density at radius 1 is 1.00 bits per heavy atom. The maximum Gasteiger partial charge on any atom is 0.295 e. The molecular weight excluding hydrogens is 476 g/mol. The third-order valence-corrected chi connectivity index (χ3v) is 6.08. The molecule has 31 heavy (non-hydrogen) atoms. The minimum Gasteiger partial charge on any atom is -0.319 e. The van der Waals surface area contributed by atoms with E-state index < -0.39 is 5.91 Å². The normalized spacial score (nSPS) is 10.9. The van der Waals surface area contributed by atoms with Crippen molar-refractivity contribution in [1.29, 1.82) is 0 Å². The Morgan fingerprint density at radius 3 is 2.45 bits per heavy atom. The Kier molecular flexibility index (Phi) is 5.94. The van der Waals surface area contributed by atoms with E-state index in [-0.39, 0.29) is 5.82 Å². The number of aryl methyl sites for hydroxylation is 2. The molecule has 0 spiro atoms. The molecule has 0 fully saturated rings. The number of carbonyl (C=O) groups excluding carboxylic acids is 1. The molecule has 3 aromatic carbocycles. The summed E-state index contributed by atoms with van der Waals surface area (Å²) in [5.74, 6) is 0.270.